The number of alkyl halides is 3. The Morgan fingerprint density at radius 3 is 2.35 bits per heavy atom. The third-order valence-electron chi connectivity index (χ3n) is 4.11. The molecule has 1 aliphatic rings. The number of aliphatic imine (C=N–C) groups is 1. The van der Waals surface area contributed by atoms with Crippen molar-refractivity contribution in [3.63, 3.8) is 0 Å². The van der Waals surface area contributed by atoms with E-state index in [1.807, 2.05) is 13.8 Å². The van der Waals surface area contributed by atoms with E-state index in [9.17, 15) is 18.0 Å². The number of rotatable bonds is 3. The normalized spacial score (nSPS) is 24.7. The van der Waals surface area contributed by atoms with E-state index in [1.165, 1.54) is 25.1 Å². The largest absolute Gasteiger partial charge is 0.448 e. The van der Waals surface area contributed by atoms with E-state index in [0.717, 1.165) is 6.07 Å². The first-order valence-corrected chi connectivity index (χ1v) is 7.30. The molecule has 23 heavy (non-hydrogen) atoms. The third-order valence-corrected chi connectivity index (χ3v) is 4.11. The molecule has 7 heteroatoms. The Labute approximate surface area is 132 Å². The van der Waals surface area contributed by atoms with Gasteiger partial charge in [0.2, 0.25) is 0 Å². The van der Waals surface area contributed by atoms with Gasteiger partial charge in [-0.15, -0.1) is 0 Å². The summed E-state index contributed by atoms with van der Waals surface area (Å²) in [5.74, 6) is -0.449. The molecular formula is C16H19F3N2O2. The minimum atomic E-state index is -4.46. The van der Waals surface area contributed by atoms with Crippen LogP contribution in [0.25, 0.3) is 0 Å². The van der Waals surface area contributed by atoms with Gasteiger partial charge in [0.15, 0.2) is 5.60 Å². The topological polar surface area (TPSA) is 50.7 Å². The first-order chi connectivity index (χ1) is 10.6. The summed E-state index contributed by atoms with van der Waals surface area (Å²) in [6.07, 6.45) is -4.46. The number of nitrogens with one attached hydrogen (secondary N) is 1. The fourth-order valence-corrected chi connectivity index (χ4v) is 2.30. The average molecular weight is 328 g/mol. The Kier molecular flexibility index (Phi) is 4.41. The van der Waals surface area contributed by atoms with Crippen molar-refractivity contribution in [3.05, 3.63) is 35.4 Å². The molecule has 0 spiro atoms. The zero-order valence-electron chi connectivity index (χ0n) is 13.4. The number of amides is 1. The van der Waals surface area contributed by atoms with Crippen LogP contribution in [-0.4, -0.2) is 17.5 Å². The van der Waals surface area contributed by atoms with Crippen molar-refractivity contribution in [2.45, 2.75) is 45.5 Å². The van der Waals surface area contributed by atoms with Crippen molar-refractivity contribution in [2.75, 3.05) is 0 Å². The standard InChI is InChI=1S/C16H19F3N2O2/c1-9(2)15(4)13(22)21-14(23-15)20-10(3)11-7-5-6-8-12(11)16(17,18)19/h5-10H,1-4H3,(H,20,21,22)/t10-,15?/m0/s1. The van der Waals surface area contributed by atoms with Crippen LogP contribution in [0.2, 0.25) is 0 Å². The lowest BCUT2D eigenvalue weighted by Gasteiger charge is -2.24. The van der Waals surface area contributed by atoms with E-state index < -0.39 is 23.4 Å². The van der Waals surface area contributed by atoms with Crippen molar-refractivity contribution in [2.24, 2.45) is 10.9 Å². The quantitative estimate of drug-likeness (QED) is 0.920. The van der Waals surface area contributed by atoms with E-state index in [0.29, 0.717) is 0 Å². The summed E-state index contributed by atoms with van der Waals surface area (Å²) in [6, 6.07) is 4.38. The molecule has 1 N–H and O–H groups in total. The number of carbonyl (C=O) groups excluding carboxylic acids is 1. The predicted molar refractivity (Wildman–Crippen MR) is 79.8 cm³/mol. The Hall–Kier alpha value is -2.05. The Balaban J connectivity index is 2.31. The molecule has 126 valence electrons. The van der Waals surface area contributed by atoms with Gasteiger partial charge in [0.05, 0.1) is 11.6 Å². The van der Waals surface area contributed by atoms with Crippen molar-refractivity contribution in [1.82, 2.24) is 5.32 Å². The van der Waals surface area contributed by atoms with Crippen LogP contribution in [0, 0.1) is 5.92 Å². The molecule has 1 aromatic carbocycles. The van der Waals surface area contributed by atoms with Gasteiger partial charge >= 0.3 is 6.18 Å². The van der Waals surface area contributed by atoms with Gasteiger partial charge in [-0.25, -0.2) is 4.99 Å². The van der Waals surface area contributed by atoms with E-state index >= 15 is 0 Å². The van der Waals surface area contributed by atoms with Gasteiger partial charge in [0.1, 0.15) is 0 Å². The molecule has 0 aliphatic carbocycles. The summed E-state index contributed by atoms with van der Waals surface area (Å²) in [6.45, 7) is 6.80. The molecule has 1 saturated heterocycles. The zero-order chi connectivity index (χ0) is 17.4. The molecule has 0 aromatic heterocycles. The Morgan fingerprint density at radius 1 is 1.22 bits per heavy atom. The van der Waals surface area contributed by atoms with Gasteiger partial charge in [-0.3, -0.25) is 10.1 Å². The molecule has 1 amide bonds. The lowest BCUT2D eigenvalue weighted by molar-refractivity contribution is -0.138. The smallest absolute Gasteiger partial charge is 0.416 e. The van der Waals surface area contributed by atoms with Crippen molar-refractivity contribution >= 4 is 11.9 Å². The van der Waals surface area contributed by atoms with Crippen molar-refractivity contribution in [3.8, 4) is 0 Å². The van der Waals surface area contributed by atoms with Crippen LogP contribution >= 0.6 is 0 Å². The Bertz CT molecular complexity index is 640. The third kappa shape index (κ3) is 3.33. The van der Waals surface area contributed by atoms with Gasteiger partial charge in [0.25, 0.3) is 11.9 Å². The molecular weight excluding hydrogens is 309 g/mol. The molecule has 1 aliphatic heterocycles. The van der Waals surface area contributed by atoms with Crippen LogP contribution in [0.3, 0.4) is 0 Å². The molecule has 1 fully saturated rings. The van der Waals surface area contributed by atoms with Gasteiger partial charge in [-0.2, -0.15) is 13.2 Å². The summed E-state index contributed by atoms with van der Waals surface area (Å²) in [5.41, 5.74) is -1.78. The molecule has 1 unspecified atom stereocenters. The second-order valence-corrected chi connectivity index (χ2v) is 6.01. The van der Waals surface area contributed by atoms with Crippen molar-refractivity contribution < 1.29 is 22.7 Å². The van der Waals surface area contributed by atoms with Gasteiger partial charge in [0, 0.05) is 5.92 Å². The second-order valence-electron chi connectivity index (χ2n) is 6.01. The fraction of sp³-hybridized carbons (Fsp3) is 0.500. The molecule has 0 radical (unpaired) electrons. The Morgan fingerprint density at radius 2 is 1.83 bits per heavy atom. The number of hydrogen-bond acceptors (Lipinski definition) is 3. The molecule has 2 atom stereocenters. The summed E-state index contributed by atoms with van der Waals surface area (Å²) in [5, 5.41) is 2.49. The summed E-state index contributed by atoms with van der Waals surface area (Å²) >= 11 is 0. The van der Waals surface area contributed by atoms with Crippen LogP contribution in [-0.2, 0) is 15.7 Å². The summed E-state index contributed by atoms with van der Waals surface area (Å²) in [7, 11) is 0. The lowest BCUT2D eigenvalue weighted by atomic mass is 9.92. The van der Waals surface area contributed by atoms with Gasteiger partial charge in [-0.1, -0.05) is 32.0 Å². The van der Waals surface area contributed by atoms with Crippen LogP contribution in [0.4, 0.5) is 13.2 Å². The highest BCUT2D eigenvalue weighted by molar-refractivity contribution is 6.04. The molecule has 1 heterocycles. The maximum atomic E-state index is 13.1. The van der Waals surface area contributed by atoms with Gasteiger partial charge in [-0.05, 0) is 25.5 Å². The number of amidine groups is 1. The SMILES string of the molecule is CC(C)C1(C)OC(=N[C@@H](C)c2ccccc2C(F)(F)F)NC1=O. The zero-order valence-corrected chi connectivity index (χ0v) is 13.4. The number of ether oxygens (including phenoxy) is 1. The highest BCUT2D eigenvalue weighted by Gasteiger charge is 2.46. The maximum Gasteiger partial charge on any atom is 0.416 e. The molecule has 0 saturated carbocycles. The summed E-state index contributed by atoms with van der Waals surface area (Å²) < 4.78 is 44.7. The molecule has 2 rings (SSSR count). The maximum absolute atomic E-state index is 13.1. The van der Waals surface area contributed by atoms with Crippen LogP contribution < -0.4 is 5.32 Å². The van der Waals surface area contributed by atoms with Crippen LogP contribution in [0.1, 0.15) is 44.9 Å². The van der Waals surface area contributed by atoms with Crippen LogP contribution in [0.15, 0.2) is 29.3 Å². The van der Waals surface area contributed by atoms with E-state index in [-0.39, 0.29) is 23.4 Å². The number of benzene rings is 1. The minimum absolute atomic E-state index is 0.0310. The van der Waals surface area contributed by atoms with Crippen molar-refractivity contribution in [1.29, 1.82) is 0 Å². The van der Waals surface area contributed by atoms with Gasteiger partial charge < -0.3 is 4.74 Å². The first-order valence-electron chi connectivity index (χ1n) is 7.30. The number of nitrogens with zero attached hydrogens (tertiary/aromatic N) is 1. The number of hydrogen-bond donors (Lipinski definition) is 1. The molecule has 4 nitrogen and oxygen atoms in total. The van der Waals surface area contributed by atoms with E-state index in [4.69, 9.17) is 4.74 Å². The second kappa shape index (κ2) is 5.86. The predicted octanol–water partition coefficient (Wildman–Crippen LogP) is 3.68. The lowest BCUT2D eigenvalue weighted by Crippen LogP contribution is -2.40. The molecule has 0 bridgehead atoms. The highest BCUT2D eigenvalue weighted by Crippen LogP contribution is 2.36. The highest BCUT2D eigenvalue weighted by atomic mass is 19.4. The monoisotopic (exact) mass is 328 g/mol. The minimum Gasteiger partial charge on any atom is -0.448 e. The first kappa shape index (κ1) is 17.3. The average Bonchev–Trinajstić information content (AvgIpc) is 2.74. The van der Waals surface area contributed by atoms with E-state index in [2.05, 4.69) is 10.3 Å². The molecule has 1 aromatic rings. The fourth-order valence-electron chi connectivity index (χ4n) is 2.30. The summed E-state index contributed by atoms with van der Waals surface area (Å²) in [4.78, 5) is 16.1. The van der Waals surface area contributed by atoms with Crippen LogP contribution in [0.5, 0.6) is 0 Å². The number of halogens is 3. The number of carbonyl (C=O) groups is 1. The van der Waals surface area contributed by atoms with E-state index in [1.54, 1.807) is 6.92 Å².